The molecule has 1 rings (SSSR count). The van der Waals surface area contributed by atoms with Gasteiger partial charge in [-0.15, -0.1) is 0 Å². The molecule has 0 aromatic rings. The average Bonchev–Trinajstić information content (AvgIpc) is 2.60. The number of hydrogen-bond acceptors (Lipinski definition) is 3. The summed E-state index contributed by atoms with van der Waals surface area (Å²) in [5.74, 6) is -0.979. The molecule has 0 bridgehead atoms. The SMILES string of the molecule is O=C(O)C1(CCOCC(F)(F)F)CCNC1. The fourth-order valence-electron chi connectivity index (χ4n) is 1.70. The van der Waals surface area contributed by atoms with E-state index in [0.717, 1.165) is 0 Å². The third-order valence-corrected chi connectivity index (χ3v) is 2.69. The van der Waals surface area contributed by atoms with Crippen LogP contribution in [0.15, 0.2) is 0 Å². The number of aliphatic carboxylic acids is 1. The van der Waals surface area contributed by atoms with Gasteiger partial charge < -0.3 is 15.2 Å². The van der Waals surface area contributed by atoms with Crippen molar-refractivity contribution < 1.29 is 27.8 Å². The highest BCUT2D eigenvalue weighted by atomic mass is 19.4. The molecule has 94 valence electrons. The Kier molecular flexibility index (Phi) is 4.15. The highest BCUT2D eigenvalue weighted by Gasteiger charge is 2.41. The number of nitrogens with one attached hydrogen (secondary N) is 1. The van der Waals surface area contributed by atoms with E-state index in [2.05, 4.69) is 10.1 Å². The Morgan fingerprint density at radius 2 is 2.19 bits per heavy atom. The van der Waals surface area contributed by atoms with Gasteiger partial charge in [-0.05, 0) is 19.4 Å². The minimum atomic E-state index is -4.36. The number of carboxylic acid groups (broad SMARTS) is 1. The lowest BCUT2D eigenvalue weighted by atomic mass is 9.84. The molecule has 1 aliphatic heterocycles. The third-order valence-electron chi connectivity index (χ3n) is 2.69. The van der Waals surface area contributed by atoms with Crippen LogP contribution in [0.25, 0.3) is 0 Å². The van der Waals surface area contributed by atoms with Crippen LogP contribution in [0.3, 0.4) is 0 Å². The Balaban J connectivity index is 2.32. The maximum Gasteiger partial charge on any atom is 0.411 e. The predicted molar refractivity (Wildman–Crippen MR) is 49.0 cm³/mol. The van der Waals surface area contributed by atoms with Gasteiger partial charge in [0.2, 0.25) is 0 Å². The summed E-state index contributed by atoms with van der Waals surface area (Å²) in [6.07, 6.45) is -3.83. The van der Waals surface area contributed by atoms with Gasteiger partial charge in [0.1, 0.15) is 6.61 Å². The molecule has 1 unspecified atom stereocenters. The molecule has 2 N–H and O–H groups in total. The first-order valence-corrected chi connectivity index (χ1v) is 4.94. The zero-order valence-electron chi connectivity index (χ0n) is 8.64. The van der Waals surface area contributed by atoms with Gasteiger partial charge in [0.25, 0.3) is 0 Å². The molecule has 1 aliphatic rings. The van der Waals surface area contributed by atoms with Crippen molar-refractivity contribution in [1.82, 2.24) is 5.32 Å². The monoisotopic (exact) mass is 241 g/mol. The van der Waals surface area contributed by atoms with Crippen molar-refractivity contribution >= 4 is 5.97 Å². The summed E-state index contributed by atoms with van der Waals surface area (Å²) in [6.45, 7) is -0.646. The summed E-state index contributed by atoms with van der Waals surface area (Å²) in [5, 5.41) is 11.9. The summed E-state index contributed by atoms with van der Waals surface area (Å²) in [6, 6.07) is 0. The van der Waals surface area contributed by atoms with E-state index in [9.17, 15) is 18.0 Å². The Morgan fingerprint density at radius 1 is 1.50 bits per heavy atom. The zero-order chi connectivity index (χ0) is 12.2. The van der Waals surface area contributed by atoms with Gasteiger partial charge in [0, 0.05) is 13.2 Å². The molecule has 0 aromatic carbocycles. The second-order valence-corrected chi connectivity index (χ2v) is 3.93. The van der Waals surface area contributed by atoms with Crippen LogP contribution < -0.4 is 5.32 Å². The van der Waals surface area contributed by atoms with E-state index in [1.807, 2.05) is 0 Å². The lowest BCUT2D eigenvalue weighted by Crippen LogP contribution is -2.35. The molecular formula is C9H14F3NO3. The summed E-state index contributed by atoms with van der Waals surface area (Å²) in [4.78, 5) is 11.0. The van der Waals surface area contributed by atoms with E-state index in [-0.39, 0.29) is 19.6 Å². The van der Waals surface area contributed by atoms with Crippen LogP contribution in [-0.2, 0) is 9.53 Å². The van der Waals surface area contributed by atoms with Crippen LogP contribution in [-0.4, -0.2) is 43.6 Å². The first kappa shape index (κ1) is 13.2. The van der Waals surface area contributed by atoms with Gasteiger partial charge in [-0.25, -0.2) is 0 Å². The Labute approximate surface area is 90.8 Å². The number of ether oxygens (including phenoxy) is 1. The average molecular weight is 241 g/mol. The fraction of sp³-hybridized carbons (Fsp3) is 0.889. The van der Waals surface area contributed by atoms with Crippen molar-refractivity contribution in [3.8, 4) is 0 Å². The van der Waals surface area contributed by atoms with Gasteiger partial charge in [0.15, 0.2) is 0 Å². The van der Waals surface area contributed by atoms with E-state index < -0.39 is 24.2 Å². The molecule has 0 aromatic heterocycles. The topological polar surface area (TPSA) is 58.6 Å². The van der Waals surface area contributed by atoms with Gasteiger partial charge in [-0.3, -0.25) is 4.79 Å². The second-order valence-electron chi connectivity index (χ2n) is 3.93. The molecular weight excluding hydrogens is 227 g/mol. The van der Waals surface area contributed by atoms with Crippen LogP contribution in [0.1, 0.15) is 12.8 Å². The van der Waals surface area contributed by atoms with Gasteiger partial charge >= 0.3 is 12.1 Å². The quantitative estimate of drug-likeness (QED) is 0.705. The van der Waals surface area contributed by atoms with Crippen molar-refractivity contribution in [2.45, 2.75) is 19.0 Å². The number of carbonyl (C=O) groups is 1. The van der Waals surface area contributed by atoms with Crippen LogP contribution >= 0.6 is 0 Å². The standard InChI is InChI=1S/C9H14F3NO3/c10-9(11,12)6-16-4-2-8(7(14)15)1-3-13-5-8/h13H,1-6H2,(H,14,15). The molecule has 16 heavy (non-hydrogen) atoms. The molecule has 7 heteroatoms. The lowest BCUT2D eigenvalue weighted by Gasteiger charge is -2.22. The highest BCUT2D eigenvalue weighted by Crippen LogP contribution is 2.30. The first-order valence-electron chi connectivity index (χ1n) is 4.94. The van der Waals surface area contributed by atoms with Crippen molar-refractivity contribution in [3.05, 3.63) is 0 Å². The molecule has 0 amide bonds. The maximum absolute atomic E-state index is 11.8. The van der Waals surface area contributed by atoms with Crippen LogP contribution in [0.2, 0.25) is 0 Å². The predicted octanol–water partition coefficient (Wildman–Crippen LogP) is 1.02. The molecule has 0 spiro atoms. The number of rotatable bonds is 5. The minimum absolute atomic E-state index is 0.103. The Morgan fingerprint density at radius 3 is 2.62 bits per heavy atom. The molecule has 0 radical (unpaired) electrons. The first-order chi connectivity index (χ1) is 7.36. The van der Waals surface area contributed by atoms with Crippen LogP contribution in [0.5, 0.6) is 0 Å². The van der Waals surface area contributed by atoms with E-state index in [4.69, 9.17) is 5.11 Å². The number of carboxylic acids is 1. The summed E-state index contributed by atoms with van der Waals surface area (Å²) in [7, 11) is 0. The maximum atomic E-state index is 11.8. The Bertz CT molecular complexity index is 249. The van der Waals surface area contributed by atoms with E-state index in [1.54, 1.807) is 0 Å². The fourth-order valence-corrected chi connectivity index (χ4v) is 1.70. The largest absolute Gasteiger partial charge is 0.481 e. The van der Waals surface area contributed by atoms with Gasteiger partial charge in [0.05, 0.1) is 5.41 Å². The normalized spacial score (nSPS) is 25.9. The molecule has 0 saturated carbocycles. The smallest absolute Gasteiger partial charge is 0.411 e. The van der Waals surface area contributed by atoms with E-state index >= 15 is 0 Å². The van der Waals surface area contributed by atoms with Crippen molar-refractivity contribution in [2.24, 2.45) is 5.41 Å². The molecule has 1 atom stereocenters. The molecule has 4 nitrogen and oxygen atoms in total. The van der Waals surface area contributed by atoms with Gasteiger partial charge in [-0.1, -0.05) is 0 Å². The molecule has 1 fully saturated rings. The third kappa shape index (κ3) is 3.64. The summed E-state index contributed by atoms with van der Waals surface area (Å²) >= 11 is 0. The van der Waals surface area contributed by atoms with E-state index in [1.165, 1.54) is 0 Å². The molecule has 1 heterocycles. The Hall–Kier alpha value is -0.820. The second kappa shape index (κ2) is 5.01. The summed E-state index contributed by atoms with van der Waals surface area (Å²) in [5.41, 5.74) is -0.967. The summed E-state index contributed by atoms with van der Waals surface area (Å²) < 4.78 is 39.7. The van der Waals surface area contributed by atoms with Gasteiger partial charge in [-0.2, -0.15) is 13.2 Å². The van der Waals surface area contributed by atoms with Crippen LogP contribution in [0.4, 0.5) is 13.2 Å². The molecule has 1 saturated heterocycles. The molecule has 0 aliphatic carbocycles. The van der Waals surface area contributed by atoms with Crippen molar-refractivity contribution in [2.75, 3.05) is 26.3 Å². The van der Waals surface area contributed by atoms with Crippen molar-refractivity contribution in [3.63, 3.8) is 0 Å². The van der Waals surface area contributed by atoms with Crippen LogP contribution in [0, 0.1) is 5.41 Å². The highest BCUT2D eigenvalue weighted by molar-refractivity contribution is 5.75. The minimum Gasteiger partial charge on any atom is -0.481 e. The van der Waals surface area contributed by atoms with Crippen molar-refractivity contribution in [1.29, 1.82) is 0 Å². The number of hydrogen-bond donors (Lipinski definition) is 2. The zero-order valence-corrected chi connectivity index (χ0v) is 8.64. The lowest BCUT2D eigenvalue weighted by molar-refractivity contribution is -0.176. The number of halogens is 3. The van der Waals surface area contributed by atoms with E-state index in [0.29, 0.717) is 13.0 Å². The number of alkyl halides is 3.